The predicted octanol–water partition coefficient (Wildman–Crippen LogP) is -2.57. The van der Waals surface area contributed by atoms with Gasteiger partial charge in [0.1, 0.15) is 24.4 Å². The van der Waals surface area contributed by atoms with Crippen LogP contribution < -0.4 is 0 Å². The molecule has 13 heavy (non-hydrogen) atoms. The minimum Gasteiger partial charge on any atom is -0.387 e. The first kappa shape index (κ1) is 9.32. The molecule has 1 aliphatic rings. The molecule has 1 rings (SSSR count). The Morgan fingerprint density at radius 3 is 2.54 bits per heavy atom. The minimum atomic E-state index is -1.55. The molecule has 0 radical (unpaired) electrons. The molecule has 0 aliphatic carbocycles. The molecule has 0 amide bonds. The van der Waals surface area contributed by atoms with E-state index in [-0.39, 0.29) is 13.7 Å². The summed E-state index contributed by atoms with van der Waals surface area (Å²) in [5.41, 5.74) is 0. The zero-order valence-electron chi connectivity index (χ0n) is 7.91. The zero-order chi connectivity index (χ0) is 10.7. The number of hydrogen-bond donors (Lipinski definition) is 4. The highest BCUT2D eigenvalue weighted by Gasteiger charge is 2.42. The molecule has 1 fully saturated rings. The van der Waals surface area contributed by atoms with Gasteiger partial charge in [-0.3, -0.25) is 0 Å². The fourth-order valence-electron chi connectivity index (χ4n) is 1.18. The van der Waals surface area contributed by atoms with Gasteiger partial charge in [0.2, 0.25) is 0 Å². The molecule has 0 aromatic heterocycles. The molecule has 1 heterocycles. The fourth-order valence-corrected chi connectivity index (χ4v) is 1.18. The standard InChI is InChI=1S/C7H14O6/c1-12-2-3-4(8)5(9)6(10)7(11)13-3/h3-11H,2H2,1H3/t3-,4-,5+,6-,7?/m1/s1/i1D. The van der Waals surface area contributed by atoms with Gasteiger partial charge in [0.05, 0.1) is 7.98 Å². The van der Waals surface area contributed by atoms with Crippen molar-refractivity contribution in [2.45, 2.75) is 30.7 Å². The molecule has 78 valence electrons. The monoisotopic (exact) mass is 195 g/mol. The van der Waals surface area contributed by atoms with Gasteiger partial charge in [-0.25, -0.2) is 0 Å². The van der Waals surface area contributed by atoms with Crippen molar-refractivity contribution < 1.29 is 31.3 Å². The zero-order valence-corrected chi connectivity index (χ0v) is 6.91. The van der Waals surface area contributed by atoms with Gasteiger partial charge in [-0.05, 0) is 0 Å². The van der Waals surface area contributed by atoms with Gasteiger partial charge in [-0.2, -0.15) is 0 Å². The summed E-state index contributed by atoms with van der Waals surface area (Å²) in [5.74, 6) is 0. The number of methoxy groups -OCH3 is 1. The first-order valence-electron chi connectivity index (χ1n) is 4.53. The van der Waals surface area contributed by atoms with Gasteiger partial charge in [-0.15, -0.1) is 0 Å². The van der Waals surface area contributed by atoms with Crippen LogP contribution >= 0.6 is 0 Å². The van der Waals surface area contributed by atoms with Crippen LogP contribution in [-0.4, -0.2) is 64.8 Å². The predicted molar refractivity (Wildman–Crippen MR) is 40.8 cm³/mol. The van der Waals surface area contributed by atoms with E-state index < -0.39 is 30.7 Å². The van der Waals surface area contributed by atoms with Crippen molar-refractivity contribution >= 4 is 0 Å². The fraction of sp³-hybridized carbons (Fsp3) is 1.00. The van der Waals surface area contributed by atoms with Gasteiger partial charge < -0.3 is 29.9 Å². The molecule has 1 saturated heterocycles. The molecule has 4 N–H and O–H groups in total. The molecule has 6 heteroatoms. The lowest BCUT2D eigenvalue weighted by molar-refractivity contribution is -0.287. The van der Waals surface area contributed by atoms with Gasteiger partial charge in [0.25, 0.3) is 0 Å². The summed E-state index contributed by atoms with van der Waals surface area (Å²) >= 11 is 0. The van der Waals surface area contributed by atoms with E-state index in [0.717, 1.165) is 0 Å². The van der Waals surface area contributed by atoms with E-state index in [9.17, 15) is 10.2 Å². The molecular formula is C7H14O6. The largest absolute Gasteiger partial charge is 0.387 e. The van der Waals surface area contributed by atoms with Crippen LogP contribution in [0.4, 0.5) is 0 Å². The molecular weight excluding hydrogens is 180 g/mol. The van der Waals surface area contributed by atoms with Crippen LogP contribution in [0.1, 0.15) is 1.37 Å². The van der Waals surface area contributed by atoms with Gasteiger partial charge >= 0.3 is 0 Å². The second-order valence-electron chi connectivity index (χ2n) is 2.91. The van der Waals surface area contributed by atoms with Crippen molar-refractivity contribution in [2.75, 3.05) is 13.7 Å². The summed E-state index contributed by atoms with van der Waals surface area (Å²) in [6, 6.07) is 0. The summed E-state index contributed by atoms with van der Waals surface area (Å²) in [5, 5.41) is 36.8. The Morgan fingerprint density at radius 1 is 1.23 bits per heavy atom. The second kappa shape index (κ2) is 4.32. The van der Waals surface area contributed by atoms with Crippen molar-refractivity contribution in [3.8, 4) is 0 Å². The Bertz CT molecular complexity index is 180. The SMILES string of the molecule is [2H]COC[C@H]1OC(O)[C@H](O)[C@@H](O)[C@@H]1O. The number of aliphatic hydroxyl groups is 4. The molecule has 0 saturated carbocycles. The smallest absolute Gasteiger partial charge is 0.184 e. The first-order valence-corrected chi connectivity index (χ1v) is 3.82. The topological polar surface area (TPSA) is 99.4 Å². The van der Waals surface area contributed by atoms with Crippen LogP contribution in [0.25, 0.3) is 0 Å². The average molecular weight is 195 g/mol. The van der Waals surface area contributed by atoms with E-state index in [1.165, 1.54) is 0 Å². The lowest BCUT2D eigenvalue weighted by atomic mass is 9.99. The Hall–Kier alpha value is -0.240. The van der Waals surface area contributed by atoms with E-state index in [4.69, 9.17) is 16.3 Å². The summed E-state index contributed by atoms with van der Waals surface area (Å²) in [6.45, 7) is -0.120. The van der Waals surface area contributed by atoms with Gasteiger partial charge in [0, 0.05) is 7.09 Å². The lowest BCUT2D eigenvalue weighted by Crippen LogP contribution is -2.58. The van der Waals surface area contributed by atoms with Gasteiger partial charge in [0.15, 0.2) is 6.29 Å². The van der Waals surface area contributed by atoms with E-state index in [1.54, 1.807) is 0 Å². The third-order valence-electron chi connectivity index (χ3n) is 1.97. The second-order valence-corrected chi connectivity index (χ2v) is 2.91. The Morgan fingerprint density at radius 2 is 1.92 bits per heavy atom. The molecule has 0 bridgehead atoms. The number of hydrogen-bond acceptors (Lipinski definition) is 6. The molecule has 0 aromatic carbocycles. The summed E-state index contributed by atoms with van der Waals surface area (Å²) in [7, 11) is -0.304. The first-order chi connectivity index (χ1) is 6.57. The lowest BCUT2D eigenvalue weighted by Gasteiger charge is -2.37. The summed E-state index contributed by atoms with van der Waals surface area (Å²) in [6.07, 6.45) is -6.82. The minimum absolute atomic E-state index is 0.120. The Balaban J connectivity index is 2.52. The third kappa shape index (κ3) is 2.16. The molecule has 1 aliphatic heterocycles. The number of ether oxygens (including phenoxy) is 2. The van der Waals surface area contributed by atoms with Crippen LogP contribution in [0.3, 0.4) is 0 Å². The van der Waals surface area contributed by atoms with Crippen molar-refractivity contribution in [1.82, 2.24) is 0 Å². The van der Waals surface area contributed by atoms with Crippen molar-refractivity contribution in [3.63, 3.8) is 0 Å². The normalized spacial score (nSPS) is 47.4. The Kier molecular flexibility index (Phi) is 3.09. The highest BCUT2D eigenvalue weighted by atomic mass is 16.6. The number of aliphatic hydroxyl groups excluding tert-OH is 4. The van der Waals surface area contributed by atoms with Gasteiger partial charge in [-0.1, -0.05) is 0 Å². The van der Waals surface area contributed by atoms with E-state index in [2.05, 4.69) is 4.74 Å². The Labute approximate surface area is 76.7 Å². The van der Waals surface area contributed by atoms with Crippen LogP contribution in [-0.2, 0) is 9.47 Å². The van der Waals surface area contributed by atoms with Crippen molar-refractivity contribution in [1.29, 1.82) is 0 Å². The van der Waals surface area contributed by atoms with Crippen LogP contribution in [0.15, 0.2) is 0 Å². The number of rotatable bonds is 2. The maximum atomic E-state index is 9.36. The third-order valence-corrected chi connectivity index (χ3v) is 1.97. The molecule has 1 unspecified atom stereocenters. The van der Waals surface area contributed by atoms with Crippen molar-refractivity contribution in [2.24, 2.45) is 0 Å². The van der Waals surface area contributed by atoms with E-state index >= 15 is 0 Å². The van der Waals surface area contributed by atoms with Crippen LogP contribution in [0, 0.1) is 0 Å². The quantitative estimate of drug-likeness (QED) is 0.386. The molecule has 0 aromatic rings. The van der Waals surface area contributed by atoms with Crippen LogP contribution in [0.2, 0.25) is 0 Å². The maximum Gasteiger partial charge on any atom is 0.184 e. The average Bonchev–Trinajstić information content (AvgIpc) is 2.18. The van der Waals surface area contributed by atoms with Crippen molar-refractivity contribution in [3.05, 3.63) is 0 Å². The highest BCUT2D eigenvalue weighted by molar-refractivity contribution is 4.88. The van der Waals surface area contributed by atoms with E-state index in [0.29, 0.717) is 0 Å². The molecule has 0 spiro atoms. The molecule has 6 nitrogen and oxygen atoms in total. The highest BCUT2D eigenvalue weighted by Crippen LogP contribution is 2.19. The maximum absolute atomic E-state index is 9.36. The van der Waals surface area contributed by atoms with E-state index in [1.807, 2.05) is 0 Å². The molecule has 5 atom stereocenters. The summed E-state index contributed by atoms with van der Waals surface area (Å²) in [4.78, 5) is 0. The van der Waals surface area contributed by atoms with Crippen LogP contribution in [0.5, 0.6) is 0 Å². The summed E-state index contributed by atoms with van der Waals surface area (Å²) < 4.78 is 16.1.